The normalized spacial score (nSPS) is 10.9. The van der Waals surface area contributed by atoms with Crippen molar-refractivity contribution in [1.82, 2.24) is 15.2 Å². The highest BCUT2D eigenvalue weighted by molar-refractivity contribution is 6.32. The number of nitrogens with two attached hydrogens (primary N) is 1. The van der Waals surface area contributed by atoms with Gasteiger partial charge in [-0.15, -0.1) is 0 Å². The summed E-state index contributed by atoms with van der Waals surface area (Å²) < 4.78 is 5.84. The number of aromatic amines is 1. The fourth-order valence-corrected chi connectivity index (χ4v) is 3.02. The SMILES string of the molecule is NCc1n[nH]c(=O)c2ccc(-c3cncc(Oc4ccccc4Cl)c3)cc12. The van der Waals surface area contributed by atoms with Crippen LogP contribution in [0.2, 0.25) is 5.02 Å². The smallest absolute Gasteiger partial charge is 0.272 e. The van der Waals surface area contributed by atoms with Gasteiger partial charge in [-0.1, -0.05) is 29.8 Å². The number of pyridine rings is 1. The van der Waals surface area contributed by atoms with E-state index in [9.17, 15) is 4.79 Å². The van der Waals surface area contributed by atoms with Gasteiger partial charge in [-0.05, 0) is 35.9 Å². The molecule has 27 heavy (non-hydrogen) atoms. The molecule has 0 aliphatic carbocycles. The standard InChI is InChI=1S/C20H15ClN4O2/c21-17-3-1-2-4-19(17)27-14-7-13(10-23-11-14)12-5-6-15-16(8-12)18(9-22)24-25-20(15)26/h1-8,10-11H,9,22H2,(H,25,26). The highest BCUT2D eigenvalue weighted by Crippen LogP contribution is 2.31. The van der Waals surface area contributed by atoms with Crippen LogP contribution in [-0.2, 0) is 6.54 Å². The lowest BCUT2D eigenvalue weighted by Crippen LogP contribution is -2.13. The molecule has 0 saturated heterocycles. The van der Waals surface area contributed by atoms with Crippen LogP contribution in [0.4, 0.5) is 0 Å². The van der Waals surface area contributed by atoms with Gasteiger partial charge in [-0.3, -0.25) is 9.78 Å². The Morgan fingerprint density at radius 1 is 1.04 bits per heavy atom. The van der Waals surface area contributed by atoms with Crippen molar-refractivity contribution in [2.45, 2.75) is 6.54 Å². The van der Waals surface area contributed by atoms with Crippen LogP contribution in [0.3, 0.4) is 0 Å². The van der Waals surface area contributed by atoms with Crippen molar-refractivity contribution in [3.8, 4) is 22.6 Å². The Labute approximate surface area is 159 Å². The van der Waals surface area contributed by atoms with Gasteiger partial charge in [0.05, 0.1) is 22.3 Å². The fourth-order valence-electron chi connectivity index (χ4n) is 2.84. The molecule has 4 rings (SSSR count). The van der Waals surface area contributed by atoms with Crippen LogP contribution < -0.4 is 16.0 Å². The monoisotopic (exact) mass is 378 g/mol. The molecule has 0 aliphatic rings. The molecule has 0 amide bonds. The molecule has 0 fully saturated rings. The van der Waals surface area contributed by atoms with Crippen LogP contribution in [0, 0.1) is 0 Å². The second-order valence-electron chi connectivity index (χ2n) is 5.91. The first-order valence-corrected chi connectivity index (χ1v) is 8.62. The van der Waals surface area contributed by atoms with E-state index in [-0.39, 0.29) is 12.1 Å². The Morgan fingerprint density at radius 2 is 1.89 bits per heavy atom. The van der Waals surface area contributed by atoms with Crippen LogP contribution in [0.15, 0.2) is 65.7 Å². The molecule has 0 spiro atoms. The maximum absolute atomic E-state index is 12.0. The molecule has 2 aromatic carbocycles. The Kier molecular flexibility index (Phi) is 4.58. The van der Waals surface area contributed by atoms with Gasteiger partial charge in [0.1, 0.15) is 11.5 Å². The number of halogens is 1. The number of H-pyrrole nitrogens is 1. The Balaban J connectivity index is 1.76. The highest BCUT2D eigenvalue weighted by atomic mass is 35.5. The van der Waals surface area contributed by atoms with Gasteiger partial charge in [0, 0.05) is 23.7 Å². The summed E-state index contributed by atoms with van der Waals surface area (Å²) in [5.74, 6) is 1.11. The Hall–Kier alpha value is -3.22. The van der Waals surface area contributed by atoms with E-state index in [4.69, 9.17) is 22.1 Å². The predicted octanol–water partition coefficient (Wildman–Crippen LogP) is 3.89. The van der Waals surface area contributed by atoms with Crippen LogP contribution in [-0.4, -0.2) is 15.2 Å². The summed E-state index contributed by atoms with van der Waals surface area (Å²) in [6, 6.07) is 14.6. The molecule has 3 N–H and O–H groups in total. The number of fused-ring (bicyclic) bond motifs is 1. The Morgan fingerprint density at radius 3 is 2.70 bits per heavy atom. The quantitative estimate of drug-likeness (QED) is 0.561. The van der Waals surface area contributed by atoms with E-state index in [0.717, 1.165) is 16.5 Å². The number of aromatic nitrogens is 3. The van der Waals surface area contributed by atoms with E-state index >= 15 is 0 Å². The maximum Gasteiger partial charge on any atom is 0.272 e. The summed E-state index contributed by atoms with van der Waals surface area (Å²) in [6.07, 6.45) is 3.34. The molecular formula is C20H15ClN4O2. The zero-order valence-corrected chi connectivity index (χ0v) is 14.9. The molecule has 0 radical (unpaired) electrons. The first-order valence-electron chi connectivity index (χ1n) is 8.25. The minimum Gasteiger partial charge on any atom is -0.454 e. The topological polar surface area (TPSA) is 93.9 Å². The second kappa shape index (κ2) is 7.19. The minimum atomic E-state index is -0.248. The van der Waals surface area contributed by atoms with Crippen molar-refractivity contribution < 1.29 is 4.74 Å². The predicted molar refractivity (Wildman–Crippen MR) is 105 cm³/mol. The van der Waals surface area contributed by atoms with Crippen LogP contribution in [0.1, 0.15) is 5.69 Å². The average molecular weight is 379 g/mol. The molecule has 6 nitrogen and oxygen atoms in total. The van der Waals surface area contributed by atoms with Gasteiger partial charge in [-0.25, -0.2) is 5.10 Å². The first kappa shape index (κ1) is 17.2. The summed E-state index contributed by atoms with van der Waals surface area (Å²) in [7, 11) is 0. The van der Waals surface area contributed by atoms with Crippen molar-refractivity contribution in [2.24, 2.45) is 5.73 Å². The van der Waals surface area contributed by atoms with E-state index in [1.165, 1.54) is 0 Å². The third-order valence-corrected chi connectivity index (χ3v) is 4.48. The van der Waals surface area contributed by atoms with Crippen LogP contribution in [0.5, 0.6) is 11.5 Å². The van der Waals surface area contributed by atoms with Crippen LogP contribution >= 0.6 is 11.6 Å². The number of ether oxygens (including phenoxy) is 1. The number of para-hydroxylation sites is 1. The number of benzene rings is 2. The number of rotatable bonds is 4. The van der Waals surface area contributed by atoms with Crippen molar-refractivity contribution in [1.29, 1.82) is 0 Å². The summed E-state index contributed by atoms with van der Waals surface area (Å²) in [5.41, 5.74) is 7.84. The van der Waals surface area contributed by atoms with Gasteiger partial charge in [0.2, 0.25) is 0 Å². The maximum atomic E-state index is 12.0. The van der Waals surface area contributed by atoms with Crippen molar-refractivity contribution >= 4 is 22.4 Å². The van der Waals surface area contributed by atoms with E-state index < -0.39 is 0 Å². The molecule has 134 valence electrons. The lowest BCUT2D eigenvalue weighted by atomic mass is 10.0. The minimum absolute atomic E-state index is 0.227. The van der Waals surface area contributed by atoms with Gasteiger partial charge in [0.15, 0.2) is 0 Å². The lowest BCUT2D eigenvalue weighted by Gasteiger charge is -2.10. The van der Waals surface area contributed by atoms with E-state index in [1.807, 2.05) is 30.3 Å². The zero-order chi connectivity index (χ0) is 18.8. The summed E-state index contributed by atoms with van der Waals surface area (Å²) in [5, 5.41) is 8.28. The largest absolute Gasteiger partial charge is 0.454 e. The van der Waals surface area contributed by atoms with E-state index in [0.29, 0.717) is 27.6 Å². The van der Waals surface area contributed by atoms with E-state index in [1.54, 1.807) is 30.6 Å². The molecule has 0 bridgehead atoms. The fraction of sp³-hybridized carbons (Fsp3) is 0.0500. The molecule has 0 atom stereocenters. The molecule has 7 heteroatoms. The van der Waals surface area contributed by atoms with E-state index in [2.05, 4.69) is 15.2 Å². The molecular weight excluding hydrogens is 364 g/mol. The third kappa shape index (κ3) is 3.40. The molecule has 2 heterocycles. The molecule has 0 unspecified atom stereocenters. The number of hydrogen-bond acceptors (Lipinski definition) is 5. The molecule has 0 aliphatic heterocycles. The van der Waals surface area contributed by atoms with Crippen molar-refractivity contribution in [3.05, 3.63) is 82.0 Å². The van der Waals surface area contributed by atoms with Gasteiger partial charge in [-0.2, -0.15) is 5.10 Å². The second-order valence-corrected chi connectivity index (χ2v) is 6.31. The number of nitrogens with one attached hydrogen (secondary N) is 1. The van der Waals surface area contributed by atoms with Crippen LogP contribution in [0.25, 0.3) is 21.9 Å². The summed E-state index contributed by atoms with van der Waals surface area (Å²) in [4.78, 5) is 16.2. The van der Waals surface area contributed by atoms with Crippen molar-refractivity contribution in [3.63, 3.8) is 0 Å². The molecule has 4 aromatic rings. The highest BCUT2D eigenvalue weighted by Gasteiger charge is 2.09. The molecule has 0 saturated carbocycles. The van der Waals surface area contributed by atoms with Gasteiger partial charge in [0.25, 0.3) is 5.56 Å². The Bertz CT molecular complexity index is 1190. The number of nitrogens with zero attached hydrogens (tertiary/aromatic N) is 2. The van der Waals surface area contributed by atoms with Gasteiger partial charge >= 0.3 is 0 Å². The number of hydrogen-bond donors (Lipinski definition) is 2. The lowest BCUT2D eigenvalue weighted by molar-refractivity contribution is 0.481. The summed E-state index contributed by atoms with van der Waals surface area (Å²) >= 11 is 6.15. The summed E-state index contributed by atoms with van der Waals surface area (Å²) in [6.45, 7) is 0.227. The van der Waals surface area contributed by atoms with Gasteiger partial charge < -0.3 is 10.5 Å². The van der Waals surface area contributed by atoms with Crippen molar-refractivity contribution in [2.75, 3.05) is 0 Å². The average Bonchev–Trinajstić information content (AvgIpc) is 2.70. The zero-order valence-electron chi connectivity index (χ0n) is 14.1. The first-order chi connectivity index (χ1) is 13.2. The molecule has 2 aromatic heterocycles. The third-order valence-electron chi connectivity index (χ3n) is 4.17.